The van der Waals surface area contributed by atoms with Crippen molar-refractivity contribution < 1.29 is 14.0 Å². The molecule has 0 unspecified atom stereocenters. The fraction of sp³-hybridized carbons (Fsp3) is 0.556. The zero-order chi connectivity index (χ0) is 9.90. The second kappa shape index (κ2) is 3.68. The summed E-state index contributed by atoms with van der Waals surface area (Å²) in [5, 5.41) is 0. The van der Waals surface area contributed by atoms with Crippen LogP contribution in [-0.2, 0) is 9.59 Å². The Hall–Kier alpha value is -1.19. The molecule has 72 valence electrons. The van der Waals surface area contributed by atoms with E-state index in [4.69, 9.17) is 0 Å². The Morgan fingerprint density at radius 1 is 1.46 bits per heavy atom. The molecule has 0 saturated carbocycles. The van der Waals surface area contributed by atoms with Gasteiger partial charge in [0.15, 0.2) is 12.0 Å². The molecule has 1 rings (SSSR count). The molecule has 0 aliphatic carbocycles. The van der Waals surface area contributed by atoms with E-state index < -0.39 is 5.67 Å². The van der Waals surface area contributed by atoms with Crippen molar-refractivity contribution in [3.05, 3.63) is 12.7 Å². The van der Waals surface area contributed by atoms with Crippen LogP contribution in [0.5, 0.6) is 0 Å². The highest BCUT2D eigenvalue weighted by Crippen LogP contribution is 2.24. The van der Waals surface area contributed by atoms with Gasteiger partial charge in [0.05, 0.1) is 0 Å². The Balaban J connectivity index is 2.52. The Morgan fingerprint density at radius 2 is 2.00 bits per heavy atom. The molecule has 0 spiro atoms. The smallest absolute Gasteiger partial charge is 0.245 e. The zero-order valence-electron chi connectivity index (χ0n) is 7.33. The van der Waals surface area contributed by atoms with Crippen molar-refractivity contribution >= 4 is 12.2 Å². The summed E-state index contributed by atoms with van der Waals surface area (Å²) in [4.78, 5) is 22.9. The molecule has 1 amide bonds. The second-order valence-corrected chi connectivity index (χ2v) is 3.18. The first-order valence-electron chi connectivity index (χ1n) is 4.18. The molecule has 13 heavy (non-hydrogen) atoms. The van der Waals surface area contributed by atoms with Gasteiger partial charge >= 0.3 is 0 Å². The predicted molar refractivity (Wildman–Crippen MR) is 45.9 cm³/mol. The lowest BCUT2D eigenvalue weighted by atomic mass is 9.95. The minimum absolute atomic E-state index is 0.0933. The van der Waals surface area contributed by atoms with Gasteiger partial charge in [-0.25, -0.2) is 4.39 Å². The summed E-state index contributed by atoms with van der Waals surface area (Å²) in [6.07, 6.45) is 1.72. The van der Waals surface area contributed by atoms with Crippen molar-refractivity contribution in [2.75, 3.05) is 13.1 Å². The molecule has 0 bridgehead atoms. The molecule has 4 heteroatoms. The van der Waals surface area contributed by atoms with E-state index in [0.717, 1.165) is 0 Å². The molecule has 1 heterocycles. The first-order chi connectivity index (χ1) is 6.11. The third-order valence-corrected chi connectivity index (χ3v) is 2.29. The summed E-state index contributed by atoms with van der Waals surface area (Å²) in [5.41, 5.74) is -1.72. The van der Waals surface area contributed by atoms with Crippen LogP contribution in [0.4, 0.5) is 4.39 Å². The van der Waals surface area contributed by atoms with Gasteiger partial charge in [0.2, 0.25) is 5.91 Å². The van der Waals surface area contributed by atoms with E-state index in [2.05, 4.69) is 6.58 Å². The lowest BCUT2D eigenvalue weighted by molar-refractivity contribution is -0.132. The van der Waals surface area contributed by atoms with Crippen LogP contribution in [0.25, 0.3) is 0 Å². The first kappa shape index (κ1) is 9.89. The molecule has 3 nitrogen and oxygen atoms in total. The van der Waals surface area contributed by atoms with Gasteiger partial charge < -0.3 is 4.90 Å². The maximum absolute atomic E-state index is 13.3. The van der Waals surface area contributed by atoms with Crippen molar-refractivity contribution in [3.8, 4) is 0 Å². The van der Waals surface area contributed by atoms with Crippen LogP contribution >= 0.6 is 0 Å². The van der Waals surface area contributed by atoms with Crippen molar-refractivity contribution in [1.82, 2.24) is 4.90 Å². The van der Waals surface area contributed by atoms with Crippen LogP contribution in [0.2, 0.25) is 0 Å². The molecule has 0 aromatic rings. The summed E-state index contributed by atoms with van der Waals surface area (Å²) in [6, 6.07) is 0. The highest BCUT2D eigenvalue weighted by Gasteiger charge is 2.34. The van der Waals surface area contributed by atoms with E-state index in [1.54, 1.807) is 0 Å². The lowest BCUT2D eigenvalue weighted by Gasteiger charge is -2.32. The van der Waals surface area contributed by atoms with E-state index in [0.29, 0.717) is 19.4 Å². The molecular weight excluding hydrogens is 173 g/mol. The molecule has 0 N–H and O–H groups in total. The van der Waals surface area contributed by atoms with Crippen molar-refractivity contribution in [1.29, 1.82) is 0 Å². The van der Waals surface area contributed by atoms with Gasteiger partial charge in [0, 0.05) is 25.9 Å². The largest absolute Gasteiger partial charge is 0.339 e. The van der Waals surface area contributed by atoms with Crippen LogP contribution in [0, 0.1) is 0 Å². The van der Waals surface area contributed by atoms with Crippen molar-refractivity contribution in [3.63, 3.8) is 0 Å². The Morgan fingerprint density at radius 3 is 2.38 bits per heavy atom. The third-order valence-electron chi connectivity index (χ3n) is 2.29. The topological polar surface area (TPSA) is 37.4 Å². The molecule has 1 fully saturated rings. The molecule has 1 saturated heterocycles. The number of piperidine rings is 1. The minimum Gasteiger partial charge on any atom is -0.339 e. The van der Waals surface area contributed by atoms with Gasteiger partial charge in [-0.2, -0.15) is 0 Å². The third kappa shape index (κ3) is 2.14. The van der Waals surface area contributed by atoms with E-state index in [1.165, 1.54) is 11.0 Å². The number of carbonyl (C=O) groups excluding carboxylic acids is 2. The molecule has 0 atom stereocenters. The van der Waals surface area contributed by atoms with Crippen LogP contribution < -0.4 is 0 Å². The number of likely N-dealkylation sites (tertiary alicyclic amines) is 1. The number of aldehydes is 1. The molecular formula is C9H12FNO2. The number of nitrogens with zero attached hydrogens (tertiary/aromatic N) is 1. The number of rotatable bonds is 2. The van der Waals surface area contributed by atoms with Crippen molar-refractivity contribution in [2.45, 2.75) is 18.5 Å². The van der Waals surface area contributed by atoms with Gasteiger partial charge in [-0.05, 0) is 6.08 Å². The normalized spacial score (nSPS) is 20.8. The average Bonchev–Trinajstić information content (AvgIpc) is 2.18. The van der Waals surface area contributed by atoms with Crippen LogP contribution in [0.1, 0.15) is 12.8 Å². The van der Waals surface area contributed by atoms with Crippen molar-refractivity contribution in [2.24, 2.45) is 0 Å². The van der Waals surface area contributed by atoms with Gasteiger partial charge in [-0.15, -0.1) is 0 Å². The molecule has 1 aliphatic heterocycles. The van der Waals surface area contributed by atoms with Crippen LogP contribution in [0.15, 0.2) is 12.7 Å². The number of halogens is 1. The van der Waals surface area contributed by atoms with Gasteiger partial charge in [0.1, 0.15) is 0 Å². The van der Waals surface area contributed by atoms with Gasteiger partial charge in [0.25, 0.3) is 0 Å². The van der Waals surface area contributed by atoms with E-state index in [9.17, 15) is 14.0 Å². The minimum atomic E-state index is -1.72. The van der Waals surface area contributed by atoms with Crippen LogP contribution in [-0.4, -0.2) is 35.9 Å². The molecule has 0 aromatic carbocycles. The zero-order valence-corrected chi connectivity index (χ0v) is 7.33. The molecule has 0 radical (unpaired) electrons. The quantitative estimate of drug-likeness (QED) is 0.469. The molecule has 0 aromatic heterocycles. The summed E-state index contributed by atoms with van der Waals surface area (Å²) in [6.45, 7) is 3.92. The second-order valence-electron chi connectivity index (χ2n) is 3.18. The Kier molecular flexibility index (Phi) is 2.80. The summed E-state index contributed by atoms with van der Waals surface area (Å²) in [5.74, 6) is -0.201. The highest BCUT2D eigenvalue weighted by molar-refractivity contribution is 5.87. The van der Waals surface area contributed by atoms with E-state index in [1.807, 2.05) is 0 Å². The standard InChI is InChI=1S/C9H12FNO2/c1-2-8(13)11-5-3-9(10,7-12)4-6-11/h2,7H,1,3-6H2. The Bertz CT molecular complexity index is 232. The van der Waals surface area contributed by atoms with Crippen LogP contribution in [0.3, 0.4) is 0 Å². The average molecular weight is 185 g/mol. The summed E-state index contributed by atoms with van der Waals surface area (Å²) < 4.78 is 13.3. The van der Waals surface area contributed by atoms with Gasteiger partial charge in [-0.1, -0.05) is 6.58 Å². The number of hydrogen-bond donors (Lipinski definition) is 0. The Labute approximate surface area is 76.2 Å². The lowest BCUT2D eigenvalue weighted by Crippen LogP contribution is -2.44. The fourth-order valence-corrected chi connectivity index (χ4v) is 1.35. The number of alkyl halides is 1. The summed E-state index contributed by atoms with van der Waals surface area (Å²) >= 11 is 0. The SMILES string of the molecule is C=CC(=O)N1CCC(F)(C=O)CC1. The van der Waals surface area contributed by atoms with E-state index in [-0.39, 0.29) is 18.7 Å². The highest BCUT2D eigenvalue weighted by atomic mass is 19.1. The molecule has 1 aliphatic rings. The fourth-order valence-electron chi connectivity index (χ4n) is 1.35. The summed E-state index contributed by atoms with van der Waals surface area (Å²) in [7, 11) is 0. The number of carbonyl (C=O) groups is 2. The number of hydrogen-bond acceptors (Lipinski definition) is 2. The van der Waals surface area contributed by atoms with Gasteiger partial charge in [-0.3, -0.25) is 9.59 Å². The number of amides is 1. The monoisotopic (exact) mass is 185 g/mol. The first-order valence-corrected chi connectivity index (χ1v) is 4.18. The maximum Gasteiger partial charge on any atom is 0.245 e. The maximum atomic E-state index is 13.3. The predicted octanol–water partition coefficient (Wildman–Crippen LogP) is 0.702. The van der Waals surface area contributed by atoms with E-state index >= 15 is 0 Å².